The molecule has 2 N–H and O–H groups in total. The highest BCUT2D eigenvalue weighted by atomic mass is 35.5. The molecule has 0 radical (unpaired) electrons. The molecule has 0 fully saturated rings. The van der Waals surface area contributed by atoms with Gasteiger partial charge >= 0.3 is 0 Å². The van der Waals surface area contributed by atoms with Crippen LogP contribution in [0.1, 0.15) is 6.92 Å². The van der Waals surface area contributed by atoms with Crippen LogP contribution in [0, 0.1) is 0 Å². The second-order valence-electron chi connectivity index (χ2n) is 4.27. The van der Waals surface area contributed by atoms with Crippen molar-refractivity contribution < 1.29 is 4.74 Å². The first-order valence-corrected chi connectivity index (χ1v) is 6.60. The van der Waals surface area contributed by atoms with Gasteiger partial charge in [0, 0.05) is 11.8 Å². The molecule has 20 heavy (non-hydrogen) atoms. The van der Waals surface area contributed by atoms with E-state index < -0.39 is 0 Å². The zero-order chi connectivity index (χ0) is 14.1. The van der Waals surface area contributed by atoms with Gasteiger partial charge in [0.2, 0.25) is 0 Å². The minimum absolute atomic E-state index is 0.571. The monoisotopic (exact) mass is 288 g/mol. The van der Waals surface area contributed by atoms with Crippen molar-refractivity contribution in [3.63, 3.8) is 0 Å². The number of pyridine rings is 1. The number of halogens is 1. The molecule has 0 atom stereocenters. The van der Waals surface area contributed by atoms with Gasteiger partial charge in [0.15, 0.2) is 11.5 Å². The van der Waals surface area contributed by atoms with Gasteiger partial charge in [-0.05, 0) is 37.3 Å². The van der Waals surface area contributed by atoms with Crippen LogP contribution in [0.5, 0.6) is 5.75 Å². The van der Waals surface area contributed by atoms with Crippen molar-refractivity contribution in [2.75, 3.05) is 12.3 Å². The maximum atomic E-state index is 5.95. The van der Waals surface area contributed by atoms with Gasteiger partial charge in [0.1, 0.15) is 5.75 Å². The van der Waals surface area contributed by atoms with Crippen LogP contribution < -0.4 is 10.5 Å². The Morgan fingerprint density at radius 1 is 1.30 bits per heavy atom. The Bertz CT molecular complexity index is 769. The minimum atomic E-state index is 0.571. The number of benzene rings is 1. The molecule has 0 bridgehead atoms. The number of anilines is 1. The standard InChI is InChI=1S/C14H13ClN4O/c1-2-20-12-5-3-9(7-11(12)16)14-17-13-6-4-10(15)8-19(13)18-14/h3-8H,2,16H2,1H3. The first-order chi connectivity index (χ1) is 9.67. The van der Waals surface area contributed by atoms with Crippen LogP contribution in [0.4, 0.5) is 5.69 Å². The van der Waals surface area contributed by atoms with E-state index in [1.54, 1.807) is 22.8 Å². The number of fused-ring (bicyclic) bond motifs is 1. The summed E-state index contributed by atoms with van der Waals surface area (Å²) >= 11 is 5.93. The summed E-state index contributed by atoms with van der Waals surface area (Å²) in [6, 6.07) is 9.12. The number of hydrogen-bond acceptors (Lipinski definition) is 4. The van der Waals surface area contributed by atoms with Crippen molar-refractivity contribution in [2.45, 2.75) is 6.92 Å². The lowest BCUT2D eigenvalue weighted by molar-refractivity contribution is 0.342. The zero-order valence-corrected chi connectivity index (χ0v) is 11.6. The van der Waals surface area contributed by atoms with Crippen molar-refractivity contribution in [3.05, 3.63) is 41.6 Å². The molecule has 0 aliphatic rings. The lowest BCUT2D eigenvalue weighted by Gasteiger charge is -2.07. The van der Waals surface area contributed by atoms with Gasteiger partial charge in [-0.15, -0.1) is 5.10 Å². The van der Waals surface area contributed by atoms with Crippen molar-refractivity contribution >= 4 is 22.9 Å². The molecule has 2 aromatic heterocycles. The zero-order valence-electron chi connectivity index (χ0n) is 10.9. The van der Waals surface area contributed by atoms with E-state index in [1.165, 1.54) is 0 Å². The Morgan fingerprint density at radius 3 is 2.90 bits per heavy atom. The fourth-order valence-corrected chi connectivity index (χ4v) is 2.11. The van der Waals surface area contributed by atoms with E-state index in [-0.39, 0.29) is 0 Å². The molecule has 102 valence electrons. The highest BCUT2D eigenvalue weighted by Gasteiger charge is 2.09. The molecule has 5 nitrogen and oxygen atoms in total. The molecule has 0 spiro atoms. The molecule has 1 aromatic carbocycles. The van der Waals surface area contributed by atoms with Crippen LogP contribution in [0.2, 0.25) is 5.02 Å². The molecule has 6 heteroatoms. The summed E-state index contributed by atoms with van der Waals surface area (Å²) in [5, 5.41) is 5.00. The highest BCUT2D eigenvalue weighted by Crippen LogP contribution is 2.27. The fourth-order valence-electron chi connectivity index (χ4n) is 1.95. The van der Waals surface area contributed by atoms with E-state index in [1.807, 2.05) is 25.1 Å². The first kappa shape index (κ1) is 12.7. The van der Waals surface area contributed by atoms with Gasteiger partial charge in [0.05, 0.1) is 17.3 Å². The maximum Gasteiger partial charge on any atom is 0.182 e. The summed E-state index contributed by atoms with van der Waals surface area (Å²) in [6.45, 7) is 2.50. The predicted molar refractivity (Wildman–Crippen MR) is 79.0 cm³/mol. The second-order valence-corrected chi connectivity index (χ2v) is 4.71. The molecule has 0 aliphatic carbocycles. The van der Waals surface area contributed by atoms with Crippen LogP contribution in [-0.4, -0.2) is 21.2 Å². The average Bonchev–Trinajstić information content (AvgIpc) is 2.84. The van der Waals surface area contributed by atoms with E-state index in [2.05, 4.69) is 10.1 Å². The fraction of sp³-hybridized carbons (Fsp3) is 0.143. The van der Waals surface area contributed by atoms with E-state index in [0.29, 0.717) is 28.9 Å². The van der Waals surface area contributed by atoms with Gasteiger partial charge in [-0.25, -0.2) is 9.50 Å². The molecule has 3 aromatic rings. The van der Waals surface area contributed by atoms with Gasteiger partial charge in [-0.3, -0.25) is 0 Å². The average molecular weight is 289 g/mol. The molecule has 0 saturated carbocycles. The van der Waals surface area contributed by atoms with Crippen LogP contribution in [-0.2, 0) is 0 Å². The SMILES string of the molecule is CCOc1ccc(-c2nc3ccc(Cl)cn3n2)cc1N. The smallest absolute Gasteiger partial charge is 0.182 e. The number of nitrogen functional groups attached to an aromatic ring is 1. The molecular formula is C14H13ClN4O. The quantitative estimate of drug-likeness (QED) is 0.752. The van der Waals surface area contributed by atoms with Crippen molar-refractivity contribution in [2.24, 2.45) is 0 Å². The summed E-state index contributed by atoms with van der Waals surface area (Å²) < 4.78 is 7.06. The molecule has 2 heterocycles. The molecular weight excluding hydrogens is 276 g/mol. The predicted octanol–water partition coefficient (Wildman–Crippen LogP) is 3.03. The largest absolute Gasteiger partial charge is 0.492 e. The lowest BCUT2D eigenvalue weighted by Crippen LogP contribution is -1.97. The number of rotatable bonds is 3. The third-order valence-corrected chi connectivity index (χ3v) is 3.09. The third kappa shape index (κ3) is 2.28. The van der Waals surface area contributed by atoms with Gasteiger partial charge in [-0.1, -0.05) is 11.6 Å². The van der Waals surface area contributed by atoms with E-state index in [9.17, 15) is 0 Å². The van der Waals surface area contributed by atoms with Crippen LogP contribution in [0.15, 0.2) is 36.5 Å². The van der Waals surface area contributed by atoms with E-state index in [0.717, 1.165) is 11.2 Å². The number of aromatic nitrogens is 3. The molecule has 0 amide bonds. The summed E-state index contributed by atoms with van der Waals surface area (Å²) in [6.07, 6.45) is 1.71. The molecule has 0 aliphatic heterocycles. The number of nitrogens with zero attached hydrogens (tertiary/aromatic N) is 3. The van der Waals surface area contributed by atoms with Crippen molar-refractivity contribution in [1.29, 1.82) is 0 Å². The van der Waals surface area contributed by atoms with Gasteiger partial charge < -0.3 is 10.5 Å². The highest BCUT2D eigenvalue weighted by molar-refractivity contribution is 6.30. The Morgan fingerprint density at radius 2 is 2.15 bits per heavy atom. The van der Waals surface area contributed by atoms with Crippen molar-refractivity contribution in [3.8, 4) is 17.1 Å². The summed E-state index contributed by atoms with van der Waals surface area (Å²) in [7, 11) is 0. The van der Waals surface area contributed by atoms with Gasteiger partial charge in [-0.2, -0.15) is 0 Å². The molecule has 3 rings (SSSR count). The Labute approximate surface area is 121 Å². The van der Waals surface area contributed by atoms with Crippen molar-refractivity contribution in [1.82, 2.24) is 14.6 Å². The van der Waals surface area contributed by atoms with Crippen LogP contribution >= 0.6 is 11.6 Å². The van der Waals surface area contributed by atoms with Crippen LogP contribution in [0.3, 0.4) is 0 Å². The number of hydrogen-bond donors (Lipinski definition) is 1. The van der Waals surface area contributed by atoms with Crippen LogP contribution in [0.25, 0.3) is 17.0 Å². The Hall–Kier alpha value is -2.27. The second kappa shape index (κ2) is 5.02. The number of nitrogens with two attached hydrogens (primary N) is 1. The number of ether oxygens (including phenoxy) is 1. The maximum absolute atomic E-state index is 5.95. The topological polar surface area (TPSA) is 65.4 Å². The Kier molecular flexibility index (Phi) is 3.20. The summed E-state index contributed by atoms with van der Waals surface area (Å²) in [5.41, 5.74) is 8.10. The lowest BCUT2D eigenvalue weighted by atomic mass is 10.2. The van der Waals surface area contributed by atoms with Gasteiger partial charge in [0.25, 0.3) is 0 Å². The third-order valence-electron chi connectivity index (χ3n) is 2.86. The Balaban J connectivity index is 2.04. The van der Waals surface area contributed by atoms with E-state index in [4.69, 9.17) is 22.1 Å². The first-order valence-electron chi connectivity index (χ1n) is 6.22. The molecule has 0 unspecified atom stereocenters. The minimum Gasteiger partial charge on any atom is -0.492 e. The normalized spacial score (nSPS) is 10.9. The summed E-state index contributed by atoms with van der Waals surface area (Å²) in [4.78, 5) is 4.44. The molecule has 0 saturated heterocycles. The van der Waals surface area contributed by atoms with E-state index >= 15 is 0 Å². The summed E-state index contributed by atoms with van der Waals surface area (Å²) in [5.74, 6) is 1.27.